The van der Waals surface area contributed by atoms with Crippen molar-refractivity contribution in [1.29, 1.82) is 0 Å². The number of esters is 1. The molecule has 1 aromatic carbocycles. The van der Waals surface area contributed by atoms with E-state index in [4.69, 9.17) is 4.74 Å². The highest BCUT2D eigenvalue weighted by Gasteiger charge is 2.18. The van der Waals surface area contributed by atoms with Gasteiger partial charge < -0.3 is 9.64 Å². The number of carbonyl (C=O) groups is 2. The number of hydrogen-bond donors (Lipinski definition) is 0. The van der Waals surface area contributed by atoms with Crippen LogP contribution in [0.5, 0.6) is 0 Å². The maximum Gasteiger partial charge on any atom is 0.325 e. The number of hydrogen-bond acceptors (Lipinski definition) is 3. The highest BCUT2D eigenvalue weighted by atomic mass is 16.5. The van der Waals surface area contributed by atoms with E-state index >= 15 is 0 Å². The molecule has 0 heterocycles. The lowest BCUT2D eigenvalue weighted by molar-refractivity contribution is -0.147. The summed E-state index contributed by atoms with van der Waals surface area (Å²) in [5.41, 5.74) is 2.18. The summed E-state index contributed by atoms with van der Waals surface area (Å²) >= 11 is 0. The van der Waals surface area contributed by atoms with Crippen LogP contribution in [0.15, 0.2) is 24.3 Å². The number of nitrogens with zero attached hydrogens (tertiary/aromatic N) is 1. The van der Waals surface area contributed by atoms with Crippen molar-refractivity contribution in [3.63, 3.8) is 0 Å². The second-order valence-corrected chi connectivity index (χ2v) is 5.21. The summed E-state index contributed by atoms with van der Waals surface area (Å²) in [6.45, 7) is 4.57. The molecule has 0 aliphatic heterocycles. The average molecular weight is 291 g/mol. The normalized spacial score (nSPS) is 10.2. The summed E-state index contributed by atoms with van der Waals surface area (Å²) < 4.78 is 4.69. The summed E-state index contributed by atoms with van der Waals surface area (Å²) in [7, 11) is 1.34. The van der Waals surface area contributed by atoms with E-state index in [1.165, 1.54) is 7.11 Å². The van der Waals surface area contributed by atoms with Crippen LogP contribution in [-0.4, -0.2) is 30.4 Å². The van der Waals surface area contributed by atoms with Crippen molar-refractivity contribution in [2.24, 2.45) is 0 Å². The Hall–Kier alpha value is -1.84. The van der Waals surface area contributed by atoms with Gasteiger partial charge in [-0.2, -0.15) is 0 Å². The van der Waals surface area contributed by atoms with Crippen molar-refractivity contribution in [2.75, 3.05) is 13.7 Å². The molecule has 1 aromatic rings. The third kappa shape index (κ3) is 5.98. The zero-order valence-electron chi connectivity index (χ0n) is 13.2. The van der Waals surface area contributed by atoms with Crippen molar-refractivity contribution in [3.8, 4) is 0 Å². The van der Waals surface area contributed by atoms with Gasteiger partial charge in [-0.3, -0.25) is 9.59 Å². The van der Waals surface area contributed by atoms with E-state index in [1.807, 2.05) is 31.2 Å². The third-order valence-corrected chi connectivity index (χ3v) is 3.52. The molecule has 0 atom stereocenters. The Morgan fingerprint density at radius 2 is 1.90 bits per heavy atom. The van der Waals surface area contributed by atoms with Gasteiger partial charge in [0.25, 0.3) is 0 Å². The number of unbranched alkanes of at least 4 members (excludes halogenated alkanes) is 2. The van der Waals surface area contributed by atoms with Crippen molar-refractivity contribution in [3.05, 3.63) is 35.4 Å². The fourth-order valence-corrected chi connectivity index (χ4v) is 2.13. The minimum atomic E-state index is -0.382. The molecule has 21 heavy (non-hydrogen) atoms. The lowest BCUT2D eigenvalue weighted by Gasteiger charge is -2.22. The molecular formula is C17H25NO3. The average Bonchev–Trinajstić information content (AvgIpc) is 2.48. The SMILES string of the molecule is CCCCCC(=O)N(CC(=O)OC)Cc1ccccc1C. The topological polar surface area (TPSA) is 46.6 Å². The van der Waals surface area contributed by atoms with Crippen LogP contribution in [0.3, 0.4) is 0 Å². The Kier molecular flexibility index (Phi) is 7.51. The molecule has 0 saturated carbocycles. The number of ether oxygens (including phenoxy) is 1. The maximum atomic E-state index is 12.3. The highest BCUT2D eigenvalue weighted by Crippen LogP contribution is 2.12. The van der Waals surface area contributed by atoms with E-state index in [9.17, 15) is 9.59 Å². The monoisotopic (exact) mass is 291 g/mol. The number of benzene rings is 1. The van der Waals surface area contributed by atoms with Gasteiger partial charge in [-0.05, 0) is 24.5 Å². The van der Waals surface area contributed by atoms with Crippen LogP contribution < -0.4 is 0 Å². The van der Waals surface area contributed by atoms with Gasteiger partial charge in [-0.1, -0.05) is 44.0 Å². The predicted octanol–water partition coefficient (Wildman–Crippen LogP) is 3.08. The third-order valence-electron chi connectivity index (χ3n) is 3.52. The standard InChI is InChI=1S/C17H25NO3/c1-4-5-6-11-16(19)18(13-17(20)21-3)12-15-10-8-7-9-14(15)2/h7-10H,4-6,11-13H2,1-3H3. The fourth-order valence-electron chi connectivity index (χ4n) is 2.13. The van der Waals surface area contributed by atoms with Gasteiger partial charge in [0.05, 0.1) is 7.11 Å². The molecule has 1 rings (SSSR count). The predicted molar refractivity (Wildman–Crippen MR) is 82.8 cm³/mol. The Balaban J connectivity index is 2.74. The van der Waals surface area contributed by atoms with Crippen molar-refractivity contribution in [1.82, 2.24) is 4.90 Å². The van der Waals surface area contributed by atoms with Gasteiger partial charge in [-0.15, -0.1) is 0 Å². The molecule has 0 unspecified atom stereocenters. The van der Waals surface area contributed by atoms with E-state index in [0.717, 1.165) is 30.4 Å². The van der Waals surface area contributed by atoms with Gasteiger partial charge >= 0.3 is 5.97 Å². The van der Waals surface area contributed by atoms with Gasteiger partial charge in [0.15, 0.2) is 0 Å². The second-order valence-electron chi connectivity index (χ2n) is 5.21. The minimum absolute atomic E-state index is 0.00971. The molecule has 0 saturated heterocycles. The number of carbonyl (C=O) groups excluding carboxylic acids is 2. The first-order chi connectivity index (χ1) is 10.1. The lowest BCUT2D eigenvalue weighted by atomic mass is 10.1. The van der Waals surface area contributed by atoms with Gasteiger partial charge in [0.1, 0.15) is 6.54 Å². The van der Waals surface area contributed by atoms with E-state index in [2.05, 4.69) is 6.92 Å². The Morgan fingerprint density at radius 1 is 1.19 bits per heavy atom. The molecule has 0 N–H and O–H groups in total. The molecule has 0 aromatic heterocycles. The quantitative estimate of drug-likeness (QED) is 0.546. The minimum Gasteiger partial charge on any atom is -0.468 e. The number of methoxy groups -OCH3 is 1. The molecular weight excluding hydrogens is 266 g/mol. The largest absolute Gasteiger partial charge is 0.468 e. The van der Waals surface area contributed by atoms with E-state index in [-0.39, 0.29) is 18.4 Å². The van der Waals surface area contributed by atoms with Crippen LogP contribution >= 0.6 is 0 Å². The maximum absolute atomic E-state index is 12.3. The van der Waals surface area contributed by atoms with Crippen molar-refractivity contribution < 1.29 is 14.3 Å². The first kappa shape index (κ1) is 17.2. The summed E-state index contributed by atoms with van der Waals surface area (Å²) in [6.07, 6.45) is 3.45. The molecule has 4 nitrogen and oxygen atoms in total. The zero-order valence-corrected chi connectivity index (χ0v) is 13.2. The number of amides is 1. The molecule has 0 fully saturated rings. The smallest absolute Gasteiger partial charge is 0.325 e. The summed E-state index contributed by atoms with van der Waals surface area (Å²) in [6, 6.07) is 7.90. The Morgan fingerprint density at radius 3 is 2.52 bits per heavy atom. The van der Waals surface area contributed by atoms with Crippen molar-refractivity contribution in [2.45, 2.75) is 46.1 Å². The first-order valence-corrected chi connectivity index (χ1v) is 7.47. The van der Waals surface area contributed by atoms with E-state index in [1.54, 1.807) is 4.90 Å². The molecule has 0 bridgehead atoms. The number of rotatable bonds is 8. The Labute approximate surface area is 127 Å². The highest BCUT2D eigenvalue weighted by molar-refractivity contribution is 5.82. The van der Waals surface area contributed by atoms with Gasteiger partial charge in [0, 0.05) is 13.0 Å². The lowest BCUT2D eigenvalue weighted by Crippen LogP contribution is -2.35. The summed E-state index contributed by atoms with van der Waals surface area (Å²) in [4.78, 5) is 25.4. The van der Waals surface area contributed by atoms with Crippen molar-refractivity contribution >= 4 is 11.9 Å². The molecule has 0 radical (unpaired) electrons. The summed E-state index contributed by atoms with van der Waals surface area (Å²) in [5, 5.41) is 0. The van der Waals surface area contributed by atoms with Crippen LogP contribution in [0.4, 0.5) is 0 Å². The van der Waals surface area contributed by atoms with E-state index < -0.39 is 0 Å². The zero-order chi connectivity index (χ0) is 15.7. The summed E-state index contributed by atoms with van der Waals surface area (Å²) in [5.74, 6) is -0.371. The van der Waals surface area contributed by atoms with Gasteiger partial charge in [0.2, 0.25) is 5.91 Å². The van der Waals surface area contributed by atoms with Crippen LogP contribution in [0.1, 0.15) is 43.7 Å². The molecule has 0 aliphatic carbocycles. The second kappa shape index (κ2) is 9.16. The van der Waals surface area contributed by atoms with Crippen LogP contribution in [0, 0.1) is 6.92 Å². The molecule has 1 amide bonds. The van der Waals surface area contributed by atoms with Crippen LogP contribution in [0.25, 0.3) is 0 Å². The molecule has 116 valence electrons. The van der Waals surface area contributed by atoms with Gasteiger partial charge in [-0.25, -0.2) is 0 Å². The Bertz CT molecular complexity index is 471. The van der Waals surface area contributed by atoms with Crippen LogP contribution in [0.2, 0.25) is 0 Å². The molecule has 0 spiro atoms. The number of aryl methyl sites for hydroxylation is 1. The molecule has 4 heteroatoms. The molecule has 0 aliphatic rings. The first-order valence-electron chi connectivity index (χ1n) is 7.47. The van der Waals surface area contributed by atoms with Crippen LogP contribution in [-0.2, 0) is 20.9 Å². The van der Waals surface area contributed by atoms with E-state index in [0.29, 0.717) is 13.0 Å². The fraction of sp³-hybridized carbons (Fsp3) is 0.529.